The molecule has 1 aromatic rings. The zero-order valence-corrected chi connectivity index (χ0v) is 28.8. The lowest BCUT2D eigenvalue weighted by Gasteiger charge is -2.40. The minimum absolute atomic E-state index is 0.307. The molecule has 274 valence electrons. The van der Waals surface area contributed by atoms with Crippen molar-refractivity contribution in [2.24, 2.45) is 23.5 Å². The summed E-state index contributed by atoms with van der Waals surface area (Å²) in [5.41, 5.74) is -1.33. The van der Waals surface area contributed by atoms with Gasteiger partial charge in [0.2, 0.25) is 13.6 Å². The second-order valence-electron chi connectivity index (χ2n) is 12.1. The number of carbonyl (C=O) groups excluding carboxylic acids is 3. The van der Waals surface area contributed by atoms with Crippen LogP contribution in [0, 0.1) is 17.8 Å². The van der Waals surface area contributed by atoms with Gasteiger partial charge in [-0.1, -0.05) is 41.5 Å². The molecule has 4 N–H and O–H groups in total. The van der Waals surface area contributed by atoms with Crippen molar-refractivity contribution in [1.29, 1.82) is 0 Å². The Bertz CT molecular complexity index is 1420. The van der Waals surface area contributed by atoms with E-state index in [2.05, 4.69) is 0 Å². The maximum Gasteiger partial charge on any atom is 0.480 e. The molecule has 2 heterocycles. The number of hydrogen-bond donors (Lipinski definition) is 3. The van der Waals surface area contributed by atoms with Gasteiger partial charge in [0.1, 0.15) is 24.5 Å². The van der Waals surface area contributed by atoms with Crippen molar-refractivity contribution in [2.75, 3.05) is 26.9 Å². The smallest absolute Gasteiger partial charge is 0.442 e. The highest BCUT2D eigenvalue weighted by Crippen LogP contribution is 2.53. The van der Waals surface area contributed by atoms with E-state index in [9.17, 15) is 43.1 Å². The van der Waals surface area contributed by atoms with Crippen LogP contribution in [0.25, 0.3) is 0 Å². The van der Waals surface area contributed by atoms with E-state index in [1.165, 1.54) is 27.7 Å². The molecule has 0 aliphatic carbocycles. The number of esters is 3. The van der Waals surface area contributed by atoms with Crippen molar-refractivity contribution >= 4 is 25.7 Å². The molecule has 0 saturated carbocycles. The van der Waals surface area contributed by atoms with E-state index in [1.807, 2.05) is 0 Å². The number of aromatic nitrogens is 2. The van der Waals surface area contributed by atoms with Crippen molar-refractivity contribution in [3.63, 3.8) is 0 Å². The summed E-state index contributed by atoms with van der Waals surface area (Å²) in [6, 6.07) is -0.120. The minimum atomic E-state index is -4.90. The summed E-state index contributed by atoms with van der Waals surface area (Å²) in [5, 5.41) is 22.1. The van der Waals surface area contributed by atoms with Gasteiger partial charge in [-0.05, 0) is 12.8 Å². The lowest BCUT2D eigenvalue weighted by atomic mass is 9.79. The molecule has 20 heteroatoms. The van der Waals surface area contributed by atoms with Crippen LogP contribution in [0.5, 0.6) is 0 Å². The predicted molar refractivity (Wildman–Crippen MR) is 161 cm³/mol. The topological polar surface area (TPSA) is 243 Å². The third kappa shape index (κ3) is 9.78. The number of phosphoric ester groups is 1. The Morgan fingerprint density at radius 3 is 2.00 bits per heavy atom. The number of aliphatic hydroxyl groups excluding tert-OH is 1. The van der Waals surface area contributed by atoms with Crippen molar-refractivity contribution in [2.45, 2.75) is 91.2 Å². The van der Waals surface area contributed by atoms with Gasteiger partial charge in [-0.15, -0.1) is 0 Å². The van der Waals surface area contributed by atoms with Gasteiger partial charge in [0.05, 0.1) is 24.5 Å². The third-order valence-corrected chi connectivity index (χ3v) is 8.79. The Morgan fingerprint density at radius 1 is 1.00 bits per heavy atom. The highest BCUT2D eigenvalue weighted by atomic mass is 31.2. The monoisotopic (exact) mass is 713 g/mol. The Balaban J connectivity index is 2.40. The number of halogens is 1. The number of rotatable bonds is 18. The van der Waals surface area contributed by atoms with Gasteiger partial charge >= 0.3 is 31.4 Å². The molecule has 0 spiro atoms. The van der Waals surface area contributed by atoms with Gasteiger partial charge in [-0.2, -0.15) is 0 Å². The molecular weight excluding hydrogens is 668 g/mol. The van der Waals surface area contributed by atoms with Gasteiger partial charge < -0.3 is 34.9 Å². The number of nitrogens with two attached hydrogens (primary N) is 1. The molecule has 1 aliphatic heterocycles. The van der Waals surface area contributed by atoms with Crippen LogP contribution in [0.2, 0.25) is 0 Å². The Morgan fingerprint density at radius 2 is 1.54 bits per heavy atom. The molecule has 2 unspecified atom stereocenters. The van der Waals surface area contributed by atoms with Crippen LogP contribution in [-0.4, -0.2) is 87.5 Å². The number of aliphatic hydroxyl groups is 2. The number of alkyl halides is 1. The molecule has 18 nitrogen and oxygen atoms in total. The molecule has 48 heavy (non-hydrogen) atoms. The van der Waals surface area contributed by atoms with Gasteiger partial charge in [-0.25, -0.2) is 27.4 Å². The molecule has 0 bridgehead atoms. The maximum absolute atomic E-state index is 15.0. The zero-order valence-electron chi connectivity index (χ0n) is 27.9. The van der Waals surface area contributed by atoms with E-state index in [0.717, 1.165) is 23.8 Å². The fourth-order valence-corrected chi connectivity index (χ4v) is 5.15. The third-order valence-electron chi connectivity index (χ3n) is 7.50. The van der Waals surface area contributed by atoms with Crippen LogP contribution in [0.1, 0.15) is 61.1 Å². The quantitative estimate of drug-likeness (QED) is 0.0821. The van der Waals surface area contributed by atoms with Crippen molar-refractivity contribution < 1.29 is 66.1 Å². The van der Waals surface area contributed by atoms with E-state index in [-0.39, 0.29) is 5.92 Å². The van der Waals surface area contributed by atoms with Gasteiger partial charge in [0.15, 0.2) is 12.3 Å². The van der Waals surface area contributed by atoms with Crippen LogP contribution in [0.4, 0.5) is 4.39 Å². The van der Waals surface area contributed by atoms with Crippen molar-refractivity contribution in [3.8, 4) is 0 Å². The number of phosphoric acid groups is 1. The summed E-state index contributed by atoms with van der Waals surface area (Å²) < 4.78 is 65.6. The number of carbonyl (C=O) groups is 3. The highest BCUT2D eigenvalue weighted by molar-refractivity contribution is 7.48. The Labute approximate surface area is 275 Å². The second kappa shape index (κ2) is 17.1. The first kappa shape index (κ1) is 41.1. The van der Waals surface area contributed by atoms with E-state index in [1.54, 1.807) is 13.8 Å². The van der Waals surface area contributed by atoms with Crippen molar-refractivity contribution in [3.05, 3.63) is 33.1 Å². The number of hydrogen-bond acceptors (Lipinski definition) is 16. The summed E-state index contributed by atoms with van der Waals surface area (Å²) in [4.78, 5) is 61.7. The lowest BCUT2D eigenvalue weighted by molar-refractivity contribution is -0.202. The normalized spacial score (nSPS) is 22.6. The fraction of sp³-hybridized carbons (Fsp3) is 0.750. The summed E-state index contributed by atoms with van der Waals surface area (Å²) >= 11 is 0. The first-order valence-electron chi connectivity index (χ1n) is 15.0. The summed E-state index contributed by atoms with van der Waals surface area (Å²) in [5.74, 6) is -3.87. The summed E-state index contributed by atoms with van der Waals surface area (Å²) in [6.45, 7) is 4.96. The van der Waals surface area contributed by atoms with Crippen LogP contribution in [0.15, 0.2) is 21.9 Å². The first-order valence-corrected chi connectivity index (χ1v) is 16.5. The Kier molecular flexibility index (Phi) is 14.6. The standard InChI is InChI=1S/C28H45FN3O15P/c1-16(2)22(30)25(37)41-13-32-20(34)8-9-31(26(32)38)21-10-28(39,19(7)33)27(11-29,47-21)12-44-48(40,45-14-42-23(35)17(3)4)46-15-43-24(36)18(5)6/h8-9,16-19,21-22,33,39H,10-15,30H2,1-7H3/t19?,21-,22?,27-,28-/m1/s1. The van der Waals surface area contributed by atoms with E-state index >= 15 is 0 Å². The molecule has 0 amide bonds. The summed E-state index contributed by atoms with van der Waals surface area (Å²) in [6.07, 6.45) is -3.02. The minimum Gasteiger partial charge on any atom is -0.442 e. The molecule has 2 rings (SSSR count). The maximum atomic E-state index is 15.0. The number of nitrogens with zero attached hydrogens (tertiary/aromatic N) is 2. The SMILES string of the molecule is CC(C)C(=O)OCOP(=O)(OCOC(=O)C(C)C)OC[C@@]1(CF)O[C@@H](n2ccc(=O)n(COC(=O)C(N)C(C)C)c2=O)C[C@@]1(O)C(C)O. The van der Waals surface area contributed by atoms with E-state index in [0.29, 0.717) is 4.57 Å². The predicted octanol–water partition coefficient (Wildman–Crippen LogP) is 0.704. The van der Waals surface area contributed by atoms with Crippen molar-refractivity contribution in [1.82, 2.24) is 9.13 Å². The van der Waals surface area contributed by atoms with Gasteiger partial charge in [-0.3, -0.25) is 28.3 Å². The van der Waals surface area contributed by atoms with Gasteiger partial charge in [0, 0.05) is 18.7 Å². The molecule has 1 fully saturated rings. The Hall–Kier alpha value is -3.03. The largest absolute Gasteiger partial charge is 0.480 e. The van der Waals surface area contributed by atoms with Crippen LogP contribution in [-0.2, 0) is 58.2 Å². The van der Waals surface area contributed by atoms with E-state index < -0.39 is 118 Å². The molecular formula is C28H45FN3O15P. The van der Waals surface area contributed by atoms with Crippen LogP contribution in [0.3, 0.4) is 0 Å². The zero-order chi connectivity index (χ0) is 36.6. The van der Waals surface area contributed by atoms with Gasteiger partial charge in [0.25, 0.3) is 5.56 Å². The lowest BCUT2D eigenvalue weighted by Crippen LogP contribution is -2.61. The van der Waals surface area contributed by atoms with Crippen LogP contribution >= 0.6 is 7.82 Å². The van der Waals surface area contributed by atoms with E-state index in [4.69, 9.17) is 38.3 Å². The molecule has 5 atom stereocenters. The highest BCUT2D eigenvalue weighted by Gasteiger charge is 2.63. The molecule has 0 radical (unpaired) electrons. The molecule has 1 aromatic heterocycles. The second-order valence-corrected chi connectivity index (χ2v) is 13.8. The average molecular weight is 714 g/mol. The summed E-state index contributed by atoms with van der Waals surface area (Å²) in [7, 11) is -4.90. The fourth-order valence-electron chi connectivity index (χ4n) is 4.20. The molecule has 0 aromatic carbocycles. The van der Waals surface area contributed by atoms with Crippen LogP contribution < -0.4 is 17.0 Å². The first-order chi connectivity index (χ1) is 22.2. The molecule has 1 aliphatic rings. The average Bonchev–Trinajstić information content (AvgIpc) is 3.32. The number of ether oxygens (including phenoxy) is 4. The molecule has 1 saturated heterocycles.